The Morgan fingerprint density at radius 3 is 2.41 bits per heavy atom. The first-order chi connectivity index (χ1) is 13.5. The number of aliphatic imine (C=N–C) groups is 1. The van der Waals surface area contributed by atoms with Crippen molar-refractivity contribution in [2.75, 3.05) is 45.8 Å². The number of halogens is 2. The van der Waals surface area contributed by atoms with E-state index in [0.717, 1.165) is 24.5 Å². The van der Waals surface area contributed by atoms with Crippen molar-refractivity contribution in [3.63, 3.8) is 0 Å². The van der Waals surface area contributed by atoms with E-state index in [-0.39, 0.29) is 42.3 Å². The maximum absolute atomic E-state index is 12.6. The van der Waals surface area contributed by atoms with Crippen LogP contribution < -0.4 is 10.6 Å². The Bertz CT molecular complexity index is 693. The molecule has 1 aromatic rings. The van der Waals surface area contributed by atoms with E-state index in [4.69, 9.17) is 11.6 Å². The minimum absolute atomic E-state index is 0. The van der Waals surface area contributed by atoms with Crippen molar-refractivity contribution < 1.29 is 9.59 Å². The van der Waals surface area contributed by atoms with Crippen LogP contribution >= 0.6 is 35.6 Å². The van der Waals surface area contributed by atoms with Gasteiger partial charge < -0.3 is 20.4 Å². The highest BCUT2D eigenvalue weighted by molar-refractivity contribution is 14.0. The Hall–Kier alpha value is -1.55. The number of hydrogen-bond donors (Lipinski definition) is 2. The van der Waals surface area contributed by atoms with E-state index in [1.807, 2.05) is 36.9 Å². The second-order valence-corrected chi connectivity index (χ2v) is 7.13. The molecule has 162 valence electrons. The monoisotopic (exact) mass is 535 g/mol. The molecule has 1 aliphatic rings. The molecule has 0 aromatic heterocycles. The zero-order valence-corrected chi connectivity index (χ0v) is 20.2. The molecule has 1 fully saturated rings. The quantitative estimate of drug-likeness (QED) is 0.319. The number of piperazine rings is 1. The third-order valence-corrected chi connectivity index (χ3v) is 4.69. The molecule has 7 nitrogen and oxygen atoms in total. The van der Waals surface area contributed by atoms with E-state index < -0.39 is 0 Å². The summed E-state index contributed by atoms with van der Waals surface area (Å²) >= 11 is 6.00. The van der Waals surface area contributed by atoms with Gasteiger partial charge in [0, 0.05) is 44.3 Å². The first-order valence-corrected chi connectivity index (χ1v) is 10.2. The van der Waals surface area contributed by atoms with Gasteiger partial charge in [-0.2, -0.15) is 0 Å². The third-order valence-electron chi connectivity index (χ3n) is 4.46. The summed E-state index contributed by atoms with van der Waals surface area (Å²) in [4.78, 5) is 32.8. The van der Waals surface area contributed by atoms with Crippen LogP contribution in [0.25, 0.3) is 0 Å². The topological polar surface area (TPSA) is 77.0 Å². The Balaban J connectivity index is 0.00000420. The molecule has 1 aromatic carbocycles. The summed E-state index contributed by atoms with van der Waals surface area (Å²) in [5.41, 5.74) is 0.924. The molecule has 1 saturated heterocycles. The van der Waals surface area contributed by atoms with E-state index in [9.17, 15) is 9.59 Å². The van der Waals surface area contributed by atoms with Gasteiger partial charge in [0.1, 0.15) is 6.54 Å². The molecule has 0 bridgehead atoms. The number of nitrogens with zero attached hydrogens (tertiary/aromatic N) is 3. The molecule has 29 heavy (non-hydrogen) atoms. The van der Waals surface area contributed by atoms with Gasteiger partial charge in [0.15, 0.2) is 5.96 Å². The average Bonchev–Trinajstić information content (AvgIpc) is 2.69. The van der Waals surface area contributed by atoms with Gasteiger partial charge in [0.05, 0.1) is 6.42 Å². The minimum atomic E-state index is -0.0763. The predicted molar refractivity (Wildman–Crippen MR) is 128 cm³/mol. The molecule has 2 amide bonds. The summed E-state index contributed by atoms with van der Waals surface area (Å²) in [6.45, 7) is 8.14. The van der Waals surface area contributed by atoms with Gasteiger partial charge in [-0.3, -0.25) is 9.59 Å². The van der Waals surface area contributed by atoms with Crippen molar-refractivity contribution >= 4 is 53.4 Å². The molecule has 0 saturated carbocycles. The standard InChI is InChI=1S/C20H30ClN5O2.HI/c1-3-8-23-18(27)15-24-20(22-4-2)26-11-9-25(10-12-26)19(28)14-16-6-5-7-17(21)13-16;/h5-7,13H,3-4,8-12,14-15H2,1-2H3,(H,22,24)(H,23,27);1H. The number of benzene rings is 1. The molecule has 2 N–H and O–H groups in total. The zero-order valence-electron chi connectivity index (χ0n) is 17.1. The Labute approximate surface area is 195 Å². The third kappa shape index (κ3) is 8.77. The molecule has 1 aliphatic heterocycles. The number of carbonyl (C=O) groups is 2. The first-order valence-electron chi connectivity index (χ1n) is 9.85. The van der Waals surface area contributed by atoms with E-state index >= 15 is 0 Å². The lowest BCUT2D eigenvalue weighted by atomic mass is 10.1. The van der Waals surface area contributed by atoms with E-state index in [0.29, 0.717) is 44.2 Å². The van der Waals surface area contributed by atoms with Gasteiger partial charge in [-0.05, 0) is 31.0 Å². The van der Waals surface area contributed by atoms with Crippen molar-refractivity contribution in [2.24, 2.45) is 4.99 Å². The van der Waals surface area contributed by atoms with Crippen LogP contribution in [0, 0.1) is 0 Å². The van der Waals surface area contributed by atoms with Crippen LogP contribution in [0.1, 0.15) is 25.8 Å². The van der Waals surface area contributed by atoms with Gasteiger partial charge in [-0.25, -0.2) is 4.99 Å². The first kappa shape index (κ1) is 25.5. The SMILES string of the molecule is CCCNC(=O)CN=C(NCC)N1CCN(C(=O)Cc2cccc(Cl)c2)CC1.I. The molecule has 9 heteroatoms. The van der Waals surface area contributed by atoms with Gasteiger partial charge in [0.25, 0.3) is 0 Å². The second kappa shape index (κ2) is 13.6. The lowest BCUT2D eigenvalue weighted by Gasteiger charge is -2.36. The van der Waals surface area contributed by atoms with Crippen LogP contribution in [-0.2, 0) is 16.0 Å². The van der Waals surface area contributed by atoms with Crippen LogP contribution in [0.2, 0.25) is 5.02 Å². The molecule has 2 rings (SSSR count). The zero-order chi connectivity index (χ0) is 20.4. The number of carbonyl (C=O) groups excluding carboxylic acids is 2. The minimum Gasteiger partial charge on any atom is -0.357 e. The molecule has 1 heterocycles. The van der Waals surface area contributed by atoms with Crippen molar-refractivity contribution in [1.82, 2.24) is 20.4 Å². The number of rotatable bonds is 7. The molecule has 0 spiro atoms. The van der Waals surface area contributed by atoms with Crippen LogP contribution in [0.4, 0.5) is 0 Å². The Morgan fingerprint density at radius 2 is 1.79 bits per heavy atom. The summed E-state index contributed by atoms with van der Waals surface area (Å²) in [6.07, 6.45) is 1.26. The van der Waals surface area contributed by atoms with Crippen molar-refractivity contribution in [3.8, 4) is 0 Å². The lowest BCUT2D eigenvalue weighted by Crippen LogP contribution is -2.54. The Morgan fingerprint density at radius 1 is 1.10 bits per heavy atom. The smallest absolute Gasteiger partial charge is 0.241 e. The van der Waals surface area contributed by atoms with Gasteiger partial charge >= 0.3 is 0 Å². The van der Waals surface area contributed by atoms with Crippen molar-refractivity contribution in [2.45, 2.75) is 26.7 Å². The summed E-state index contributed by atoms with van der Waals surface area (Å²) in [7, 11) is 0. The van der Waals surface area contributed by atoms with Crippen molar-refractivity contribution in [3.05, 3.63) is 34.9 Å². The lowest BCUT2D eigenvalue weighted by molar-refractivity contribution is -0.131. The van der Waals surface area contributed by atoms with Crippen LogP contribution in [0.3, 0.4) is 0 Å². The fourth-order valence-corrected chi connectivity index (χ4v) is 3.21. The van der Waals surface area contributed by atoms with Gasteiger partial charge in [-0.1, -0.05) is 30.7 Å². The van der Waals surface area contributed by atoms with E-state index in [1.165, 1.54) is 0 Å². The highest BCUT2D eigenvalue weighted by Crippen LogP contribution is 2.13. The van der Waals surface area contributed by atoms with E-state index in [1.54, 1.807) is 6.07 Å². The van der Waals surface area contributed by atoms with Crippen LogP contribution in [0.5, 0.6) is 0 Å². The number of hydrogen-bond acceptors (Lipinski definition) is 3. The largest absolute Gasteiger partial charge is 0.357 e. The maximum Gasteiger partial charge on any atom is 0.241 e. The summed E-state index contributed by atoms with van der Waals surface area (Å²) in [5.74, 6) is 0.742. The van der Waals surface area contributed by atoms with Crippen LogP contribution in [0.15, 0.2) is 29.3 Å². The normalized spacial score (nSPS) is 14.2. The van der Waals surface area contributed by atoms with Gasteiger partial charge in [0.2, 0.25) is 11.8 Å². The predicted octanol–water partition coefficient (Wildman–Crippen LogP) is 2.14. The average molecular weight is 536 g/mol. The summed E-state index contributed by atoms with van der Waals surface area (Å²) < 4.78 is 0. The molecule has 0 unspecified atom stereocenters. The summed E-state index contributed by atoms with van der Waals surface area (Å²) in [5, 5.41) is 6.70. The molecular formula is C20H31ClIN5O2. The second-order valence-electron chi connectivity index (χ2n) is 6.69. The highest BCUT2D eigenvalue weighted by Gasteiger charge is 2.23. The maximum atomic E-state index is 12.6. The summed E-state index contributed by atoms with van der Waals surface area (Å²) in [6, 6.07) is 7.41. The number of guanidine groups is 1. The molecule has 0 atom stereocenters. The molecule has 0 aliphatic carbocycles. The number of amides is 2. The fraction of sp³-hybridized carbons (Fsp3) is 0.550. The Kier molecular flexibility index (Phi) is 12.0. The fourth-order valence-electron chi connectivity index (χ4n) is 2.99. The van der Waals surface area contributed by atoms with Crippen LogP contribution in [-0.4, -0.2) is 73.4 Å². The van der Waals surface area contributed by atoms with E-state index in [2.05, 4.69) is 20.5 Å². The molecular weight excluding hydrogens is 505 g/mol. The number of nitrogens with one attached hydrogen (secondary N) is 2. The van der Waals surface area contributed by atoms with Crippen molar-refractivity contribution in [1.29, 1.82) is 0 Å². The highest BCUT2D eigenvalue weighted by atomic mass is 127. The molecule has 0 radical (unpaired) electrons. The van der Waals surface area contributed by atoms with Gasteiger partial charge in [-0.15, -0.1) is 24.0 Å².